The van der Waals surface area contributed by atoms with E-state index >= 15 is 0 Å². The van der Waals surface area contributed by atoms with Gasteiger partial charge in [-0.15, -0.1) is 0 Å². The molecule has 174 valence electrons. The summed E-state index contributed by atoms with van der Waals surface area (Å²) in [4.78, 5) is 25.5. The average molecular weight is 432 g/mol. The summed E-state index contributed by atoms with van der Waals surface area (Å²) >= 11 is 0. The molecule has 0 heterocycles. The summed E-state index contributed by atoms with van der Waals surface area (Å²) in [6.45, 7) is 19.1. The van der Waals surface area contributed by atoms with E-state index in [-0.39, 0.29) is 17.9 Å². The Morgan fingerprint density at radius 2 is 1.39 bits per heavy atom. The summed E-state index contributed by atoms with van der Waals surface area (Å²) in [6.07, 6.45) is 0.126. The number of rotatable bonds is 7. The molecule has 5 nitrogen and oxygen atoms in total. The van der Waals surface area contributed by atoms with Gasteiger partial charge in [-0.1, -0.05) is 55.3 Å². The first-order chi connectivity index (χ1) is 14.1. The number of nitrogens with one attached hydrogen (secondary N) is 1. The van der Waals surface area contributed by atoms with Crippen molar-refractivity contribution in [1.29, 1.82) is 0 Å². The van der Waals surface area contributed by atoms with E-state index < -0.39 is 23.2 Å². The third-order valence-electron chi connectivity index (χ3n) is 4.91. The fourth-order valence-electron chi connectivity index (χ4n) is 3.45. The number of hydrogen-bond donors (Lipinski definition) is 1. The largest absolute Gasteiger partial charge is 0.460 e. The van der Waals surface area contributed by atoms with Crippen LogP contribution in [0.2, 0.25) is 0 Å². The minimum atomic E-state index is -0.592. The van der Waals surface area contributed by atoms with Gasteiger partial charge in [-0.25, -0.2) is 4.79 Å². The second-order valence-corrected chi connectivity index (χ2v) is 10.5. The van der Waals surface area contributed by atoms with Crippen molar-refractivity contribution in [3.8, 4) is 0 Å². The van der Waals surface area contributed by atoms with Gasteiger partial charge in [0.1, 0.15) is 11.2 Å². The predicted molar refractivity (Wildman–Crippen MR) is 126 cm³/mol. The van der Waals surface area contributed by atoms with Crippen LogP contribution in [0.15, 0.2) is 41.5 Å². The lowest BCUT2D eigenvalue weighted by Gasteiger charge is -2.30. The number of carbonyl (C=O) groups is 2. The van der Waals surface area contributed by atoms with E-state index in [0.29, 0.717) is 6.42 Å². The summed E-state index contributed by atoms with van der Waals surface area (Å²) in [7, 11) is 0. The summed E-state index contributed by atoms with van der Waals surface area (Å²) in [5.41, 5.74) is 1.80. The third kappa shape index (κ3) is 9.58. The van der Waals surface area contributed by atoms with Gasteiger partial charge in [0.2, 0.25) is 0 Å². The maximum Gasteiger partial charge on any atom is 0.408 e. The molecule has 1 amide bonds. The highest BCUT2D eigenvalue weighted by molar-refractivity contribution is 5.77. The zero-order valence-corrected chi connectivity index (χ0v) is 21.0. The van der Waals surface area contributed by atoms with Gasteiger partial charge >= 0.3 is 12.1 Å². The first kappa shape index (κ1) is 26.7. The van der Waals surface area contributed by atoms with Crippen molar-refractivity contribution >= 4 is 12.1 Å². The average Bonchev–Trinajstić information content (AvgIpc) is 2.57. The fraction of sp³-hybridized carbons (Fsp3) is 0.615. The first-order valence-corrected chi connectivity index (χ1v) is 11.0. The Hall–Kier alpha value is -2.30. The highest BCUT2D eigenvalue weighted by Crippen LogP contribution is 2.28. The quantitative estimate of drug-likeness (QED) is 0.420. The van der Waals surface area contributed by atoms with Crippen LogP contribution in [0.1, 0.15) is 74.8 Å². The Balaban J connectivity index is 3.29. The van der Waals surface area contributed by atoms with Gasteiger partial charge in [0.15, 0.2) is 0 Å². The molecule has 5 heteroatoms. The molecule has 0 unspecified atom stereocenters. The smallest absolute Gasteiger partial charge is 0.408 e. The zero-order chi connectivity index (χ0) is 24.0. The second kappa shape index (κ2) is 10.8. The fourth-order valence-corrected chi connectivity index (χ4v) is 3.45. The van der Waals surface area contributed by atoms with Crippen molar-refractivity contribution in [1.82, 2.24) is 5.32 Å². The Morgan fingerprint density at radius 1 is 0.871 bits per heavy atom. The highest BCUT2D eigenvalue weighted by atomic mass is 16.6. The molecular weight excluding hydrogens is 390 g/mol. The summed E-state index contributed by atoms with van der Waals surface area (Å²) in [6, 6.07) is 9.67. The van der Waals surface area contributed by atoms with Crippen LogP contribution >= 0.6 is 0 Å². The monoisotopic (exact) mass is 431 g/mol. The van der Waals surface area contributed by atoms with Crippen LogP contribution in [0.25, 0.3) is 0 Å². The van der Waals surface area contributed by atoms with Crippen LogP contribution in [0.3, 0.4) is 0 Å². The number of amides is 1. The van der Waals surface area contributed by atoms with Gasteiger partial charge in [0.25, 0.3) is 0 Å². The van der Waals surface area contributed by atoms with Crippen LogP contribution in [0.4, 0.5) is 4.79 Å². The molecule has 0 saturated carbocycles. The Kier molecular flexibility index (Phi) is 9.34. The molecule has 0 aliphatic carbocycles. The molecule has 0 radical (unpaired) electrons. The molecular formula is C26H41NO4. The van der Waals surface area contributed by atoms with Crippen molar-refractivity contribution in [2.45, 2.75) is 92.9 Å². The minimum absolute atomic E-state index is 0.0590. The van der Waals surface area contributed by atoms with E-state index in [4.69, 9.17) is 9.47 Å². The molecule has 0 aliphatic rings. The number of esters is 1. The van der Waals surface area contributed by atoms with Crippen LogP contribution in [-0.2, 0) is 20.7 Å². The van der Waals surface area contributed by atoms with Gasteiger partial charge in [-0.2, -0.15) is 0 Å². The van der Waals surface area contributed by atoms with Gasteiger partial charge in [0.05, 0.1) is 12.0 Å². The number of hydrogen-bond acceptors (Lipinski definition) is 4. The van der Waals surface area contributed by atoms with E-state index in [9.17, 15) is 9.59 Å². The van der Waals surface area contributed by atoms with Crippen molar-refractivity contribution in [2.24, 2.45) is 11.8 Å². The minimum Gasteiger partial charge on any atom is -0.460 e. The number of ether oxygens (including phenoxy) is 2. The Bertz CT molecular complexity index is 767. The van der Waals surface area contributed by atoms with Crippen molar-refractivity contribution in [3.63, 3.8) is 0 Å². The summed E-state index contributed by atoms with van der Waals surface area (Å²) in [5.74, 6) is -0.572. The number of alkyl carbamates (subject to hydrolysis) is 1. The molecule has 0 spiro atoms. The standard InChI is InChI=1S/C26H41NO4/c1-17(2)22(23(28)30-25(5,6)7)19(4)18(3)21(16-20-14-12-11-13-15-20)27-24(29)31-26(8,9)10/h11-15,17,21-22H,16H2,1-10H3,(H,27,29)/b19-18-/t21-,22+/m1/s1. The van der Waals surface area contributed by atoms with Gasteiger partial charge in [0, 0.05) is 0 Å². The van der Waals surface area contributed by atoms with Crippen LogP contribution < -0.4 is 5.32 Å². The molecule has 2 atom stereocenters. The Morgan fingerprint density at radius 3 is 1.84 bits per heavy atom. The van der Waals surface area contributed by atoms with Crippen LogP contribution in [-0.4, -0.2) is 29.3 Å². The molecule has 0 fully saturated rings. The van der Waals surface area contributed by atoms with E-state index in [2.05, 4.69) is 5.32 Å². The summed E-state index contributed by atoms with van der Waals surface area (Å²) < 4.78 is 11.2. The first-order valence-electron chi connectivity index (χ1n) is 11.0. The molecule has 31 heavy (non-hydrogen) atoms. The van der Waals surface area contributed by atoms with E-state index in [1.165, 1.54) is 0 Å². The van der Waals surface area contributed by atoms with Crippen molar-refractivity contribution < 1.29 is 19.1 Å². The second-order valence-electron chi connectivity index (χ2n) is 10.5. The molecule has 1 rings (SSSR count). The normalized spacial score (nSPS) is 15.1. The lowest BCUT2D eigenvalue weighted by Crippen LogP contribution is -2.42. The highest BCUT2D eigenvalue weighted by Gasteiger charge is 2.32. The van der Waals surface area contributed by atoms with E-state index in [1.807, 2.05) is 99.6 Å². The summed E-state index contributed by atoms with van der Waals surface area (Å²) in [5, 5.41) is 3.01. The maximum absolute atomic E-state index is 13.0. The van der Waals surface area contributed by atoms with Gasteiger partial charge < -0.3 is 14.8 Å². The van der Waals surface area contributed by atoms with Crippen molar-refractivity contribution in [2.75, 3.05) is 0 Å². The molecule has 1 aromatic rings. The zero-order valence-electron chi connectivity index (χ0n) is 21.0. The van der Waals surface area contributed by atoms with Gasteiger partial charge in [-0.05, 0) is 73.3 Å². The van der Waals surface area contributed by atoms with Crippen LogP contribution in [0.5, 0.6) is 0 Å². The molecule has 0 bridgehead atoms. The van der Waals surface area contributed by atoms with Gasteiger partial charge in [-0.3, -0.25) is 4.79 Å². The molecule has 0 aromatic heterocycles. The van der Waals surface area contributed by atoms with Crippen LogP contribution in [0, 0.1) is 11.8 Å². The van der Waals surface area contributed by atoms with E-state index in [0.717, 1.165) is 16.7 Å². The molecule has 1 aromatic carbocycles. The van der Waals surface area contributed by atoms with Crippen molar-refractivity contribution in [3.05, 3.63) is 47.0 Å². The number of carbonyl (C=O) groups excluding carboxylic acids is 2. The third-order valence-corrected chi connectivity index (χ3v) is 4.91. The SMILES string of the molecule is C/C(=C(\C)[C@@H](Cc1ccccc1)NC(=O)OC(C)(C)C)[C@@H](C(=O)OC(C)(C)C)C(C)C. The topological polar surface area (TPSA) is 64.6 Å². The lowest BCUT2D eigenvalue weighted by molar-refractivity contribution is -0.160. The Labute approximate surface area is 188 Å². The predicted octanol–water partition coefficient (Wildman–Crippen LogP) is 6.07. The maximum atomic E-state index is 13.0. The molecule has 0 saturated heterocycles. The number of benzene rings is 1. The molecule has 0 aliphatic heterocycles. The lowest BCUT2D eigenvalue weighted by atomic mass is 9.83. The molecule has 1 N–H and O–H groups in total. The van der Waals surface area contributed by atoms with E-state index in [1.54, 1.807) is 0 Å².